The third-order valence-corrected chi connectivity index (χ3v) is 4.84. The van der Waals surface area contributed by atoms with Crippen molar-refractivity contribution in [1.82, 2.24) is 5.32 Å². The van der Waals surface area contributed by atoms with Crippen LogP contribution in [0.15, 0.2) is 28.7 Å². The Hall–Kier alpha value is -2.30. The molecule has 1 aromatic carbocycles. The van der Waals surface area contributed by atoms with Crippen LogP contribution in [-0.2, 0) is 9.59 Å². The van der Waals surface area contributed by atoms with Gasteiger partial charge >= 0.3 is 0 Å². The van der Waals surface area contributed by atoms with E-state index in [1.807, 2.05) is 52.0 Å². The third-order valence-electron chi connectivity index (χ3n) is 4.84. The Kier molecular flexibility index (Phi) is 5.08. The Labute approximate surface area is 154 Å². The van der Waals surface area contributed by atoms with Gasteiger partial charge in [0.2, 0.25) is 11.8 Å². The summed E-state index contributed by atoms with van der Waals surface area (Å²) in [6.07, 6.45) is 3.49. The van der Waals surface area contributed by atoms with Crippen molar-refractivity contribution in [2.24, 2.45) is 11.8 Å². The summed E-state index contributed by atoms with van der Waals surface area (Å²) in [5.74, 6) is 0.210. The minimum atomic E-state index is -0.292. The summed E-state index contributed by atoms with van der Waals surface area (Å²) >= 11 is 0. The van der Waals surface area contributed by atoms with E-state index in [-0.39, 0.29) is 29.2 Å². The Balaban J connectivity index is 1.74. The highest BCUT2D eigenvalue weighted by molar-refractivity contribution is 5.97. The number of anilines is 1. The third kappa shape index (κ3) is 4.26. The van der Waals surface area contributed by atoms with Gasteiger partial charge in [-0.25, -0.2) is 0 Å². The fraction of sp³-hybridized carbons (Fsp3) is 0.524. The SMILES string of the molecule is Cc1cc2cc(NC(=O)[C@H]3CCCC[C@H]3C(=O)NC(C)(C)C)ccc2o1. The molecule has 2 amide bonds. The van der Waals surface area contributed by atoms with Crippen molar-refractivity contribution < 1.29 is 14.0 Å². The van der Waals surface area contributed by atoms with Crippen LogP contribution in [0.1, 0.15) is 52.2 Å². The molecule has 2 N–H and O–H groups in total. The molecule has 0 saturated heterocycles. The molecular weight excluding hydrogens is 328 g/mol. The van der Waals surface area contributed by atoms with Gasteiger partial charge < -0.3 is 15.1 Å². The molecule has 3 rings (SSSR count). The maximum atomic E-state index is 12.9. The first-order valence-electron chi connectivity index (χ1n) is 9.36. The predicted octanol–water partition coefficient (Wildman–Crippen LogP) is 4.40. The predicted molar refractivity (Wildman–Crippen MR) is 103 cm³/mol. The summed E-state index contributed by atoms with van der Waals surface area (Å²) in [6.45, 7) is 7.79. The molecular formula is C21H28N2O3. The average molecular weight is 356 g/mol. The molecule has 0 bridgehead atoms. The molecule has 0 spiro atoms. The quantitative estimate of drug-likeness (QED) is 0.856. The molecule has 140 valence electrons. The highest BCUT2D eigenvalue weighted by Gasteiger charge is 2.36. The molecule has 1 aromatic heterocycles. The molecule has 1 aliphatic carbocycles. The van der Waals surface area contributed by atoms with Crippen molar-refractivity contribution in [3.8, 4) is 0 Å². The van der Waals surface area contributed by atoms with Gasteiger partial charge in [-0.15, -0.1) is 0 Å². The summed E-state index contributed by atoms with van der Waals surface area (Å²) in [7, 11) is 0. The van der Waals surface area contributed by atoms with Gasteiger partial charge in [-0.3, -0.25) is 9.59 Å². The number of benzene rings is 1. The van der Waals surface area contributed by atoms with E-state index >= 15 is 0 Å². The molecule has 1 aliphatic rings. The summed E-state index contributed by atoms with van der Waals surface area (Å²) in [5.41, 5.74) is 1.25. The van der Waals surface area contributed by atoms with Crippen molar-refractivity contribution in [2.75, 3.05) is 5.32 Å². The summed E-state index contributed by atoms with van der Waals surface area (Å²) in [6, 6.07) is 7.57. The smallest absolute Gasteiger partial charge is 0.228 e. The first-order valence-corrected chi connectivity index (χ1v) is 9.36. The number of nitrogens with one attached hydrogen (secondary N) is 2. The number of amides is 2. The number of hydrogen-bond donors (Lipinski definition) is 2. The summed E-state index contributed by atoms with van der Waals surface area (Å²) in [4.78, 5) is 25.5. The first kappa shape index (κ1) is 18.5. The van der Waals surface area contributed by atoms with E-state index in [1.165, 1.54) is 0 Å². The molecule has 1 fully saturated rings. The highest BCUT2D eigenvalue weighted by atomic mass is 16.3. The topological polar surface area (TPSA) is 71.3 Å². The molecule has 2 atom stereocenters. The molecule has 5 nitrogen and oxygen atoms in total. The zero-order valence-electron chi connectivity index (χ0n) is 16.0. The first-order chi connectivity index (χ1) is 12.2. The van der Waals surface area contributed by atoms with Crippen LogP contribution in [0, 0.1) is 18.8 Å². The lowest BCUT2D eigenvalue weighted by Gasteiger charge is -2.32. The summed E-state index contributed by atoms with van der Waals surface area (Å²) < 4.78 is 5.57. The van der Waals surface area contributed by atoms with Gasteiger partial charge in [-0.2, -0.15) is 0 Å². The number of carbonyl (C=O) groups is 2. The van der Waals surface area contributed by atoms with Crippen LogP contribution < -0.4 is 10.6 Å². The number of rotatable bonds is 3. The monoisotopic (exact) mass is 356 g/mol. The van der Waals surface area contributed by atoms with Crippen LogP contribution in [-0.4, -0.2) is 17.4 Å². The maximum Gasteiger partial charge on any atom is 0.228 e. The van der Waals surface area contributed by atoms with Gasteiger partial charge in [0, 0.05) is 28.4 Å². The second kappa shape index (κ2) is 7.14. The van der Waals surface area contributed by atoms with Gasteiger partial charge in [-0.05, 0) is 64.8 Å². The largest absolute Gasteiger partial charge is 0.461 e. The lowest BCUT2D eigenvalue weighted by Crippen LogP contribution is -2.48. The maximum absolute atomic E-state index is 12.9. The van der Waals surface area contributed by atoms with E-state index in [1.54, 1.807) is 0 Å². The Morgan fingerprint density at radius 3 is 2.35 bits per heavy atom. The van der Waals surface area contributed by atoms with Crippen LogP contribution in [0.5, 0.6) is 0 Å². The van der Waals surface area contributed by atoms with E-state index in [4.69, 9.17) is 4.42 Å². The van der Waals surface area contributed by atoms with Crippen LogP contribution in [0.2, 0.25) is 0 Å². The number of aryl methyl sites for hydroxylation is 1. The highest BCUT2D eigenvalue weighted by Crippen LogP contribution is 2.32. The van der Waals surface area contributed by atoms with E-state index in [0.717, 1.165) is 48.1 Å². The van der Waals surface area contributed by atoms with Crippen LogP contribution in [0.3, 0.4) is 0 Å². The van der Waals surface area contributed by atoms with Crippen LogP contribution in [0.4, 0.5) is 5.69 Å². The number of hydrogen-bond acceptors (Lipinski definition) is 3. The van der Waals surface area contributed by atoms with Crippen molar-refractivity contribution in [3.05, 3.63) is 30.0 Å². The molecule has 1 heterocycles. The normalized spacial score (nSPS) is 20.8. The number of furan rings is 1. The minimum Gasteiger partial charge on any atom is -0.461 e. The van der Waals surface area contributed by atoms with Gasteiger partial charge in [-0.1, -0.05) is 12.8 Å². The van der Waals surface area contributed by atoms with E-state index < -0.39 is 0 Å². The van der Waals surface area contributed by atoms with Gasteiger partial charge in [0.25, 0.3) is 0 Å². The molecule has 0 unspecified atom stereocenters. The van der Waals surface area contributed by atoms with Crippen molar-refractivity contribution in [2.45, 2.75) is 58.9 Å². The van der Waals surface area contributed by atoms with Gasteiger partial charge in [0.1, 0.15) is 11.3 Å². The molecule has 2 aromatic rings. The molecule has 0 aliphatic heterocycles. The van der Waals surface area contributed by atoms with Crippen LogP contribution >= 0.6 is 0 Å². The number of fused-ring (bicyclic) bond motifs is 1. The van der Waals surface area contributed by atoms with Gasteiger partial charge in [0.15, 0.2) is 0 Å². The zero-order valence-corrected chi connectivity index (χ0v) is 16.0. The summed E-state index contributed by atoms with van der Waals surface area (Å²) in [5, 5.41) is 7.00. The lowest BCUT2D eigenvalue weighted by atomic mass is 9.77. The lowest BCUT2D eigenvalue weighted by molar-refractivity contribution is -0.135. The molecule has 5 heteroatoms. The fourth-order valence-corrected chi connectivity index (χ4v) is 3.71. The Morgan fingerprint density at radius 1 is 1.04 bits per heavy atom. The number of carbonyl (C=O) groups excluding carboxylic acids is 2. The molecule has 1 saturated carbocycles. The Morgan fingerprint density at radius 2 is 1.69 bits per heavy atom. The van der Waals surface area contributed by atoms with E-state index in [0.29, 0.717) is 0 Å². The minimum absolute atomic E-state index is 0.0155. The fourth-order valence-electron chi connectivity index (χ4n) is 3.71. The van der Waals surface area contributed by atoms with Gasteiger partial charge in [0.05, 0.1) is 0 Å². The molecule has 0 radical (unpaired) electrons. The average Bonchev–Trinajstić information content (AvgIpc) is 2.92. The Bertz CT molecular complexity index is 816. The van der Waals surface area contributed by atoms with E-state index in [2.05, 4.69) is 10.6 Å². The van der Waals surface area contributed by atoms with E-state index in [9.17, 15) is 9.59 Å². The molecule has 26 heavy (non-hydrogen) atoms. The van der Waals surface area contributed by atoms with Crippen LogP contribution in [0.25, 0.3) is 11.0 Å². The van der Waals surface area contributed by atoms with Crippen molar-refractivity contribution >= 4 is 28.5 Å². The second-order valence-corrected chi connectivity index (χ2v) is 8.34. The second-order valence-electron chi connectivity index (χ2n) is 8.34. The zero-order chi connectivity index (χ0) is 18.9. The van der Waals surface area contributed by atoms with Crippen molar-refractivity contribution in [3.63, 3.8) is 0 Å². The standard InChI is InChI=1S/C21H28N2O3/c1-13-11-14-12-15(9-10-18(14)26-13)22-19(24)16-7-5-6-8-17(16)20(25)23-21(2,3)4/h9-12,16-17H,5-8H2,1-4H3,(H,22,24)(H,23,25)/t16-,17+/m0/s1. The van der Waals surface area contributed by atoms with Crippen molar-refractivity contribution in [1.29, 1.82) is 0 Å².